The van der Waals surface area contributed by atoms with Gasteiger partial charge in [-0.2, -0.15) is 0 Å². The molecule has 1 N–H and O–H groups in total. The molecular weight excluding hydrogens is 309 g/mol. The molecule has 0 aliphatic heterocycles. The van der Waals surface area contributed by atoms with Crippen molar-refractivity contribution in [2.24, 2.45) is 0 Å². The molecule has 2 aromatic rings. The molecule has 0 aliphatic carbocycles. The number of amides is 1. The number of halogens is 2. The molecule has 0 saturated heterocycles. The minimum absolute atomic E-state index is 0.0273. The third kappa shape index (κ3) is 3.01. The summed E-state index contributed by atoms with van der Waals surface area (Å²) in [5, 5.41) is 2.61. The summed E-state index contributed by atoms with van der Waals surface area (Å²) in [4.78, 5) is 12.0. The maximum atomic E-state index is 13.8. The number of benzene rings is 2. The smallest absolute Gasteiger partial charge is 0.258 e. The van der Waals surface area contributed by atoms with Crippen molar-refractivity contribution in [1.82, 2.24) is 0 Å². The van der Waals surface area contributed by atoms with E-state index >= 15 is 0 Å². The lowest BCUT2D eigenvalue weighted by molar-refractivity contribution is 0.102. The lowest BCUT2D eigenvalue weighted by Gasteiger charge is -2.07. The number of anilines is 1. The van der Waals surface area contributed by atoms with Gasteiger partial charge in [0.05, 0.1) is 10.0 Å². The van der Waals surface area contributed by atoms with Crippen LogP contribution < -0.4 is 5.32 Å². The topological polar surface area (TPSA) is 29.1 Å². The summed E-state index contributed by atoms with van der Waals surface area (Å²) in [7, 11) is 0. The Kier molecular flexibility index (Phi) is 3.98. The SMILES string of the molecule is C#Cc1cccc(NC(=O)c2cccc(Br)c2F)c1. The van der Waals surface area contributed by atoms with Gasteiger partial charge in [0.15, 0.2) is 0 Å². The third-order valence-corrected chi connectivity index (χ3v) is 3.10. The molecule has 0 radical (unpaired) electrons. The molecule has 0 unspecified atom stereocenters. The van der Waals surface area contributed by atoms with E-state index in [1.54, 1.807) is 30.3 Å². The van der Waals surface area contributed by atoms with E-state index in [1.165, 1.54) is 12.1 Å². The molecular formula is C15H9BrFNO. The molecule has 4 heteroatoms. The quantitative estimate of drug-likeness (QED) is 0.838. The van der Waals surface area contributed by atoms with Gasteiger partial charge >= 0.3 is 0 Å². The van der Waals surface area contributed by atoms with Crippen LogP contribution in [0.1, 0.15) is 15.9 Å². The Hall–Kier alpha value is -2.12. The third-order valence-electron chi connectivity index (χ3n) is 2.48. The van der Waals surface area contributed by atoms with Crippen LogP contribution in [0.2, 0.25) is 0 Å². The van der Waals surface area contributed by atoms with E-state index in [-0.39, 0.29) is 10.0 Å². The fourth-order valence-corrected chi connectivity index (χ4v) is 1.93. The molecule has 0 heterocycles. The highest BCUT2D eigenvalue weighted by Crippen LogP contribution is 2.20. The van der Waals surface area contributed by atoms with Crippen molar-refractivity contribution in [3.8, 4) is 12.3 Å². The number of terminal acetylenes is 1. The summed E-state index contributed by atoms with van der Waals surface area (Å²) in [6, 6.07) is 11.4. The summed E-state index contributed by atoms with van der Waals surface area (Å²) >= 11 is 3.04. The molecule has 0 bridgehead atoms. The molecule has 2 rings (SSSR count). The Morgan fingerprint density at radius 3 is 2.74 bits per heavy atom. The predicted octanol–water partition coefficient (Wildman–Crippen LogP) is 3.82. The molecule has 0 spiro atoms. The van der Waals surface area contributed by atoms with Gasteiger partial charge < -0.3 is 5.32 Å². The number of nitrogens with one attached hydrogen (secondary N) is 1. The molecule has 1 amide bonds. The Bertz CT molecular complexity index is 676. The van der Waals surface area contributed by atoms with Crippen molar-refractivity contribution in [3.63, 3.8) is 0 Å². The van der Waals surface area contributed by atoms with Crippen LogP contribution >= 0.6 is 15.9 Å². The monoisotopic (exact) mass is 317 g/mol. The molecule has 2 aromatic carbocycles. The van der Waals surface area contributed by atoms with Gasteiger partial charge in [0, 0.05) is 11.3 Å². The van der Waals surface area contributed by atoms with E-state index in [2.05, 4.69) is 27.2 Å². The lowest BCUT2D eigenvalue weighted by Crippen LogP contribution is -2.14. The van der Waals surface area contributed by atoms with Crippen LogP contribution in [0.25, 0.3) is 0 Å². The van der Waals surface area contributed by atoms with Crippen LogP contribution in [0.5, 0.6) is 0 Å². The van der Waals surface area contributed by atoms with Gasteiger partial charge in [-0.25, -0.2) is 4.39 Å². The molecule has 94 valence electrons. The largest absolute Gasteiger partial charge is 0.322 e. The molecule has 0 fully saturated rings. The average molecular weight is 318 g/mol. The maximum absolute atomic E-state index is 13.8. The first-order chi connectivity index (χ1) is 9.11. The van der Waals surface area contributed by atoms with Crippen molar-refractivity contribution in [1.29, 1.82) is 0 Å². The molecule has 0 saturated carbocycles. The predicted molar refractivity (Wildman–Crippen MR) is 76.4 cm³/mol. The van der Waals surface area contributed by atoms with Crippen LogP contribution in [0, 0.1) is 18.2 Å². The molecule has 0 atom stereocenters. The van der Waals surface area contributed by atoms with Crippen molar-refractivity contribution in [2.45, 2.75) is 0 Å². The average Bonchev–Trinajstić information content (AvgIpc) is 2.42. The minimum Gasteiger partial charge on any atom is -0.322 e. The molecule has 0 aromatic heterocycles. The number of hydrogen-bond acceptors (Lipinski definition) is 1. The second-order valence-electron chi connectivity index (χ2n) is 3.78. The zero-order chi connectivity index (χ0) is 13.8. The minimum atomic E-state index is -0.590. The fourth-order valence-electron chi connectivity index (χ4n) is 1.56. The van der Waals surface area contributed by atoms with E-state index in [0.717, 1.165) is 0 Å². The highest BCUT2D eigenvalue weighted by atomic mass is 79.9. The first-order valence-corrected chi connectivity index (χ1v) is 6.23. The summed E-state index contributed by atoms with van der Waals surface area (Å²) < 4.78 is 14.0. The van der Waals surface area contributed by atoms with Crippen LogP contribution in [-0.4, -0.2) is 5.91 Å². The molecule has 0 aliphatic rings. The van der Waals surface area contributed by atoms with E-state index in [1.807, 2.05) is 0 Å². The van der Waals surface area contributed by atoms with Gasteiger partial charge in [0.25, 0.3) is 5.91 Å². The number of hydrogen-bond donors (Lipinski definition) is 1. The number of carbonyl (C=O) groups excluding carboxylic acids is 1. The summed E-state index contributed by atoms with van der Waals surface area (Å²) in [6.45, 7) is 0. The van der Waals surface area contributed by atoms with E-state index < -0.39 is 11.7 Å². The summed E-state index contributed by atoms with van der Waals surface area (Å²) in [5.41, 5.74) is 1.15. The van der Waals surface area contributed by atoms with Crippen LogP contribution in [-0.2, 0) is 0 Å². The van der Waals surface area contributed by atoms with Gasteiger partial charge in [0.2, 0.25) is 0 Å². The van der Waals surface area contributed by atoms with Crippen LogP contribution in [0.4, 0.5) is 10.1 Å². The van der Waals surface area contributed by atoms with Crippen molar-refractivity contribution in [2.75, 3.05) is 5.32 Å². The zero-order valence-corrected chi connectivity index (χ0v) is 11.4. The maximum Gasteiger partial charge on any atom is 0.258 e. The Morgan fingerprint density at radius 1 is 1.26 bits per heavy atom. The van der Waals surface area contributed by atoms with E-state index in [0.29, 0.717) is 11.3 Å². The standard InChI is InChI=1S/C15H9BrFNO/c1-2-10-5-3-6-11(9-10)18-15(19)12-7-4-8-13(16)14(12)17/h1,3-9H,(H,18,19). The molecule has 2 nitrogen and oxygen atoms in total. The highest BCUT2D eigenvalue weighted by molar-refractivity contribution is 9.10. The Labute approximate surface area is 118 Å². The highest BCUT2D eigenvalue weighted by Gasteiger charge is 2.13. The Morgan fingerprint density at radius 2 is 2.00 bits per heavy atom. The van der Waals surface area contributed by atoms with Gasteiger partial charge in [-0.1, -0.05) is 18.1 Å². The van der Waals surface area contributed by atoms with Crippen molar-refractivity contribution in [3.05, 3.63) is 63.9 Å². The summed E-state index contributed by atoms with van der Waals surface area (Å²) in [6.07, 6.45) is 5.28. The van der Waals surface area contributed by atoms with Crippen LogP contribution in [0.15, 0.2) is 46.9 Å². The lowest BCUT2D eigenvalue weighted by atomic mass is 10.1. The second-order valence-corrected chi connectivity index (χ2v) is 4.63. The van der Waals surface area contributed by atoms with Gasteiger partial charge in [-0.3, -0.25) is 4.79 Å². The van der Waals surface area contributed by atoms with E-state index in [9.17, 15) is 9.18 Å². The summed E-state index contributed by atoms with van der Waals surface area (Å²) in [5.74, 6) is 1.36. The van der Waals surface area contributed by atoms with Crippen molar-refractivity contribution >= 4 is 27.5 Å². The second kappa shape index (κ2) is 5.68. The Balaban J connectivity index is 2.26. The van der Waals surface area contributed by atoms with Crippen LogP contribution in [0.3, 0.4) is 0 Å². The van der Waals surface area contributed by atoms with Gasteiger partial charge in [0.1, 0.15) is 5.82 Å². The first-order valence-electron chi connectivity index (χ1n) is 5.44. The zero-order valence-electron chi connectivity index (χ0n) is 9.78. The number of carbonyl (C=O) groups is 1. The first kappa shape index (κ1) is 13.3. The molecule has 19 heavy (non-hydrogen) atoms. The normalized spacial score (nSPS) is 9.74. The van der Waals surface area contributed by atoms with E-state index in [4.69, 9.17) is 6.42 Å². The van der Waals surface area contributed by atoms with Gasteiger partial charge in [-0.15, -0.1) is 6.42 Å². The van der Waals surface area contributed by atoms with Gasteiger partial charge in [-0.05, 0) is 46.3 Å². The number of rotatable bonds is 2. The fraction of sp³-hybridized carbons (Fsp3) is 0. The van der Waals surface area contributed by atoms with Crippen molar-refractivity contribution < 1.29 is 9.18 Å².